The Morgan fingerprint density at radius 2 is 1.81 bits per heavy atom. The van der Waals surface area contributed by atoms with E-state index in [9.17, 15) is 9.00 Å². The van der Waals surface area contributed by atoms with Gasteiger partial charge in [0.15, 0.2) is 0 Å². The largest absolute Gasteiger partial charge is 0.467 e. The van der Waals surface area contributed by atoms with Crippen LogP contribution in [0.25, 0.3) is 0 Å². The van der Waals surface area contributed by atoms with E-state index < -0.39 is 27.3 Å². The molecule has 0 radical (unpaired) electrons. The van der Waals surface area contributed by atoms with Crippen molar-refractivity contribution in [3.63, 3.8) is 0 Å². The van der Waals surface area contributed by atoms with Gasteiger partial charge in [-0.1, -0.05) is 54.7 Å². The van der Waals surface area contributed by atoms with Crippen molar-refractivity contribution < 1.29 is 13.7 Å². The zero-order chi connectivity index (χ0) is 16.2. The van der Waals surface area contributed by atoms with Gasteiger partial charge in [0.2, 0.25) is 4.33 Å². The van der Waals surface area contributed by atoms with Crippen molar-refractivity contribution in [3.05, 3.63) is 29.8 Å². The summed E-state index contributed by atoms with van der Waals surface area (Å²) >= 11 is 12.2. The van der Waals surface area contributed by atoms with Crippen LogP contribution < -0.4 is 4.72 Å². The monoisotopic (exact) mass is 351 g/mol. The molecule has 1 rings (SSSR count). The molecule has 0 fully saturated rings. The summed E-state index contributed by atoms with van der Waals surface area (Å²) in [6.45, 7) is 5.59. The number of nitrogens with one attached hydrogen (secondary N) is 1. The maximum Gasteiger partial charge on any atom is 0.344 e. The van der Waals surface area contributed by atoms with Gasteiger partial charge in [-0.05, 0) is 25.0 Å². The predicted octanol–water partition coefficient (Wildman–Crippen LogP) is 2.98. The first-order chi connectivity index (χ1) is 9.70. The lowest BCUT2D eigenvalue weighted by Gasteiger charge is -2.30. The van der Waals surface area contributed by atoms with Crippen molar-refractivity contribution in [2.24, 2.45) is 5.92 Å². The zero-order valence-corrected chi connectivity index (χ0v) is 14.7. The Kier molecular flexibility index (Phi) is 6.66. The molecule has 21 heavy (non-hydrogen) atoms. The van der Waals surface area contributed by atoms with Crippen LogP contribution in [0, 0.1) is 12.8 Å². The lowest BCUT2D eigenvalue weighted by Crippen LogP contribution is -2.52. The number of hydrogen-bond donors (Lipinski definition) is 1. The predicted molar refractivity (Wildman–Crippen MR) is 85.8 cm³/mol. The second-order valence-corrected chi connectivity index (χ2v) is 7.67. The first-order valence-corrected chi connectivity index (χ1v) is 8.31. The van der Waals surface area contributed by atoms with Crippen molar-refractivity contribution in [1.29, 1.82) is 0 Å². The Balaban J connectivity index is 2.96. The van der Waals surface area contributed by atoms with Gasteiger partial charge in [0, 0.05) is 0 Å². The molecule has 0 saturated carbocycles. The van der Waals surface area contributed by atoms with E-state index in [1.165, 1.54) is 7.11 Å². The third-order valence-corrected chi connectivity index (χ3v) is 4.93. The minimum absolute atomic E-state index is 0.131. The van der Waals surface area contributed by atoms with Crippen LogP contribution in [-0.4, -0.2) is 27.7 Å². The molecule has 4 nitrogen and oxygen atoms in total. The summed E-state index contributed by atoms with van der Waals surface area (Å²) in [4.78, 5) is 12.3. The number of rotatable bonds is 6. The van der Waals surface area contributed by atoms with Gasteiger partial charge >= 0.3 is 5.97 Å². The number of hydrogen-bond acceptors (Lipinski definition) is 3. The summed E-state index contributed by atoms with van der Waals surface area (Å²) in [6.07, 6.45) is 0. The highest BCUT2D eigenvalue weighted by Gasteiger charge is 2.46. The van der Waals surface area contributed by atoms with Crippen molar-refractivity contribution in [2.45, 2.75) is 36.0 Å². The molecule has 1 N–H and O–H groups in total. The van der Waals surface area contributed by atoms with Gasteiger partial charge in [0.1, 0.15) is 11.0 Å². The summed E-state index contributed by atoms with van der Waals surface area (Å²) in [6, 6.07) is 6.48. The van der Waals surface area contributed by atoms with E-state index in [-0.39, 0.29) is 5.92 Å². The second kappa shape index (κ2) is 7.58. The minimum Gasteiger partial charge on any atom is -0.467 e. The molecular weight excluding hydrogens is 333 g/mol. The fourth-order valence-corrected chi connectivity index (χ4v) is 3.83. The van der Waals surface area contributed by atoms with Gasteiger partial charge in [-0.15, -0.1) is 0 Å². The normalized spacial score (nSPS) is 14.8. The van der Waals surface area contributed by atoms with Gasteiger partial charge in [0.05, 0.1) is 18.0 Å². The third kappa shape index (κ3) is 4.68. The van der Waals surface area contributed by atoms with E-state index in [0.717, 1.165) is 5.56 Å². The minimum atomic E-state index is -1.82. The quantitative estimate of drug-likeness (QED) is 0.633. The number of esters is 1. The molecule has 0 saturated heterocycles. The summed E-state index contributed by atoms with van der Waals surface area (Å²) in [5.41, 5.74) is 1.06. The molecule has 0 amide bonds. The van der Waals surface area contributed by atoms with Crippen LogP contribution in [0.15, 0.2) is 29.2 Å². The summed E-state index contributed by atoms with van der Waals surface area (Å²) < 4.78 is 18.0. The highest BCUT2D eigenvalue weighted by Crippen LogP contribution is 2.31. The third-order valence-electron chi connectivity index (χ3n) is 2.98. The molecular formula is C14H19Cl2NO3S. The van der Waals surface area contributed by atoms with E-state index in [4.69, 9.17) is 23.2 Å². The highest BCUT2D eigenvalue weighted by molar-refractivity contribution is 7.83. The molecule has 2 atom stereocenters. The molecule has 0 spiro atoms. The number of carbonyl (C=O) groups excluding carboxylic acids is 1. The van der Waals surface area contributed by atoms with Crippen LogP contribution in [-0.2, 0) is 20.5 Å². The average molecular weight is 352 g/mol. The molecule has 0 aliphatic carbocycles. The highest BCUT2D eigenvalue weighted by atomic mass is 35.5. The van der Waals surface area contributed by atoms with E-state index in [0.29, 0.717) is 4.90 Å². The standard InChI is InChI=1S/C14H19Cl2NO3S/c1-9(2)12(14(15,16)13(18)20-4)17-21(19)11-7-5-10(3)6-8-11/h5-9,12,17H,1-4H3/t12-,21?/m0/s1. The number of ether oxygens (including phenoxy) is 1. The molecule has 7 heteroatoms. The number of halogens is 2. The zero-order valence-electron chi connectivity index (χ0n) is 12.4. The first kappa shape index (κ1) is 18.4. The van der Waals surface area contributed by atoms with E-state index in [1.54, 1.807) is 12.1 Å². The molecule has 0 aliphatic rings. The van der Waals surface area contributed by atoms with Crippen LogP contribution in [0.4, 0.5) is 0 Å². The number of aryl methyl sites for hydroxylation is 1. The molecule has 0 aliphatic heterocycles. The van der Waals surface area contributed by atoms with Crippen LogP contribution in [0.1, 0.15) is 19.4 Å². The van der Waals surface area contributed by atoms with Crippen LogP contribution in [0.5, 0.6) is 0 Å². The maximum atomic E-state index is 12.4. The topological polar surface area (TPSA) is 55.4 Å². The Morgan fingerprint density at radius 1 is 1.29 bits per heavy atom. The van der Waals surface area contributed by atoms with Crippen molar-refractivity contribution in [3.8, 4) is 0 Å². The molecule has 0 heterocycles. The fourth-order valence-electron chi connectivity index (χ4n) is 1.74. The molecule has 0 aromatic heterocycles. The van der Waals surface area contributed by atoms with Gasteiger partial charge in [-0.3, -0.25) is 0 Å². The average Bonchev–Trinajstić information content (AvgIpc) is 2.43. The lowest BCUT2D eigenvalue weighted by atomic mass is 10.0. The van der Waals surface area contributed by atoms with Crippen molar-refractivity contribution >= 4 is 40.2 Å². The molecule has 1 aromatic carbocycles. The smallest absolute Gasteiger partial charge is 0.344 e. The molecule has 1 unspecified atom stereocenters. The van der Waals surface area contributed by atoms with Gasteiger partial charge in [-0.2, -0.15) is 0 Å². The number of methoxy groups -OCH3 is 1. The van der Waals surface area contributed by atoms with E-state index in [2.05, 4.69) is 9.46 Å². The first-order valence-electron chi connectivity index (χ1n) is 6.41. The van der Waals surface area contributed by atoms with Crippen LogP contribution in [0.3, 0.4) is 0 Å². The Hall–Kier alpha value is -0.620. The Morgan fingerprint density at radius 3 is 2.24 bits per heavy atom. The van der Waals surface area contributed by atoms with Crippen molar-refractivity contribution in [2.75, 3.05) is 7.11 Å². The van der Waals surface area contributed by atoms with Gasteiger partial charge in [-0.25, -0.2) is 13.7 Å². The van der Waals surface area contributed by atoms with Gasteiger partial charge < -0.3 is 4.74 Å². The van der Waals surface area contributed by atoms with Gasteiger partial charge in [0.25, 0.3) is 0 Å². The SMILES string of the molecule is COC(=O)C(Cl)(Cl)[C@@H](NS(=O)c1ccc(C)cc1)C(C)C. The summed E-state index contributed by atoms with van der Waals surface area (Å²) in [7, 11) is -0.329. The lowest BCUT2D eigenvalue weighted by molar-refractivity contribution is -0.142. The van der Waals surface area contributed by atoms with E-state index >= 15 is 0 Å². The summed E-state index contributed by atoms with van der Waals surface area (Å²) in [5, 5.41) is 0. The Bertz CT molecular complexity index is 517. The molecule has 0 bridgehead atoms. The molecule has 1 aromatic rings. The molecule has 118 valence electrons. The van der Waals surface area contributed by atoms with Crippen molar-refractivity contribution in [1.82, 2.24) is 4.72 Å². The number of alkyl halides is 2. The second-order valence-electron chi connectivity index (χ2n) is 5.04. The van der Waals surface area contributed by atoms with E-state index in [1.807, 2.05) is 32.9 Å². The Labute approximate surface area is 137 Å². The van der Waals surface area contributed by atoms with Crippen LogP contribution >= 0.6 is 23.2 Å². The number of carbonyl (C=O) groups is 1. The maximum absolute atomic E-state index is 12.4. The number of benzene rings is 1. The summed E-state index contributed by atoms with van der Waals surface area (Å²) in [5.74, 6) is -0.911. The fraction of sp³-hybridized carbons (Fsp3) is 0.500. The van der Waals surface area contributed by atoms with Crippen LogP contribution in [0.2, 0.25) is 0 Å².